The Bertz CT molecular complexity index is 785. The minimum atomic E-state index is -3.68. The fourth-order valence-corrected chi connectivity index (χ4v) is 5.73. The van der Waals surface area contributed by atoms with Gasteiger partial charge in [0, 0.05) is 38.0 Å². The topological polar surface area (TPSA) is 97.0 Å². The monoisotopic (exact) mass is 411 g/mol. The van der Waals surface area contributed by atoms with Crippen molar-refractivity contribution in [3.63, 3.8) is 0 Å². The molecule has 0 amide bonds. The van der Waals surface area contributed by atoms with Crippen LogP contribution >= 0.6 is 0 Å². The fourth-order valence-electron chi connectivity index (χ4n) is 4.19. The van der Waals surface area contributed by atoms with Gasteiger partial charge in [0.1, 0.15) is 5.69 Å². The first-order valence-corrected chi connectivity index (χ1v) is 11.7. The van der Waals surface area contributed by atoms with Crippen molar-refractivity contribution in [3.05, 3.63) is 28.3 Å². The Balaban J connectivity index is 1.75. The Morgan fingerprint density at radius 2 is 1.89 bits per heavy atom. The van der Waals surface area contributed by atoms with Crippen molar-refractivity contribution in [1.29, 1.82) is 0 Å². The number of hydrogen-bond donors (Lipinski definition) is 2. The molecule has 2 aliphatic heterocycles. The van der Waals surface area contributed by atoms with Crippen LogP contribution in [0.5, 0.6) is 0 Å². The summed E-state index contributed by atoms with van der Waals surface area (Å²) < 4.78 is 27.1. The number of sulfonamides is 1. The van der Waals surface area contributed by atoms with Crippen LogP contribution in [0.2, 0.25) is 0 Å². The molecule has 1 aromatic rings. The highest BCUT2D eigenvalue weighted by molar-refractivity contribution is 7.89. The normalized spacial score (nSPS) is 24.0. The van der Waals surface area contributed by atoms with Crippen LogP contribution in [0, 0.1) is 10.1 Å². The third kappa shape index (κ3) is 4.82. The summed E-state index contributed by atoms with van der Waals surface area (Å²) in [6.07, 6.45) is 5.76. The van der Waals surface area contributed by atoms with Gasteiger partial charge >= 0.3 is 0 Å². The Morgan fingerprint density at radius 1 is 1.21 bits per heavy atom. The SMILES string of the molecule is CCC[NH+]1CCC(Nc2ccc(S(=O)(=O)N3CCCCC3)cc2[N+](=O)[O-])CC1. The molecule has 0 saturated carbocycles. The predicted octanol–water partition coefficient (Wildman–Crippen LogP) is 1.64. The minimum Gasteiger partial charge on any atom is -0.376 e. The summed E-state index contributed by atoms with van der Waals surface area (Å²) >= 11 is 0. The molecule has 0 bridgehead atoms. The van der Waals surface area contributed by atoms with Crippen molar-refractivity contribution in [1.82, 2.24) is 4.31 Å². The van der Waals surface area contributed by atoms with E-state index in [-0.39, 0.29) is 16.6 Å². The van der Waals surface area contributed by atoms with E-state index in [1.807, 2.05) is 0 Å². The number of quaternary nitrogens is 1. The van der Waals surface area contributed by atoms with Gasteiger partial charge in [-0.1, -0.05) is 13.3 Å². The lowest BCUT2D eigenvalue weighted by atomic mass is 10.0. The Morgan fingerprint density at radius 3 is 2.50 bits per heavy atom. The van der Waals surface area contributed by atoms with Crippen molar-refractivity contribution in [2.45, 2.75) is 56.4 Å². The zero-order valence-electron chi connectivity index (χ0n) is 16.5. The molecule has 8 nitrogen and oxygen atoms in total. The maximum atomic E-state index is 12.8. The van der Waals surface area contributed by atoms with E-state index < -0.39 is 14.9 Å². The number of nitrogens with zero attached hydrogens (tertiary/aromatic N) is 2. The molecular formula is C19H31N4O4S+. The summed E-state index contributed by atoms with van der Waals surface area (Å²) in [4.78, 5) is 12.7. The second-order valence-electron chi connectivity index (χ2n) is 7.82. The van der Waals surface area contributed by atoms with Crippen molar-refractivity contribution in [2.75, 3.05) is 38.0 Å². The Hall–Kier alpha value is -1.71. The van der Waals surface area contributed by atoms with Gasteiger partial charge in [-0.05, 0) is 31.4 Å². The number of anilines is 1. The van der Waals surface area contributed by atoms with E-state index in [1.165, 1.54) is 16.4 Å². The van der Waals surface area contributed by atoms with E-state index in [9.17, 15) is 18.5 Å². The average molecular weight is 412 g/mol. The van der Waals surface area contributed by atoms with Gasteiger partial charge in [0.25, 0.3) is 5.69 Å². The molecule has 156 valence electrons. The van der Waals surface area contributed by atoms with Crippen LogP contribution in [0.4, 0.5) is 11.4 Å². The van der Waals surface area contributed by atoms with Gasteiger partial charge < -0.3 is 10.2 Å². The maximum absolute atomic E-state index is 12.8. The summed E-state index contributed by atoms with van der Waals surface area (Å²) in [7, 11) is -3.68. The van der Waals surface area contributed by atoms with Crippen LogP contribution in [0.25, 0.3) is 0 Å². The lowest BCUT2D eigenvalue weighted by Crippen LogP contribution is -3.13. The molecule has 2 aliphatic rings. The Kier molecular flexibility index (Phi) is 6.90. The van der Waals surface area contributed by atoms with Gasteiger partial charge in [-0.15, -0.1) is 0 Å². The molecule has 2 fully saturated rings. The van der Waals surface area contributed by atoms with Crippen molar-refractivity contribution in [3.8, 4) is 0 Å². The third-order valence-corrected chi connectivity index (χ3v) is 7.67. The van der Waals surface area contributed by atoms with E-state index in [1.54, 1.807) is 11.0 Å². The smallest absolute Gasteiger partial charge is 0.293 e. The van der Waals surface area contributed by atoms with Gasteiger partial charge in [0.2, 0.25) is 10.0 Å². The van der Waals surface area contributed by atoms with Gasteiger partial charge in [0.15, 0.2) is 0 Å². The quantitative estimate of drug-likeness (QED) is 0.525. The first-order chi connectivity index (χ1) is 13.4. The predicted molar refractivity (Wildman–Crippen MR) is 108 cm³/mol. The molecule has 0 spiro atoms. The molecule has 2 N–H and O–H groups in total. The van der Waals surface area contributed by atoms with Gasteiger partial charge in [-0.2, -0.15) is 4.31 Å². The number of nitro groups is 1. The molecular weight excluding hydrogens is 380 g/mol. The number of nitro benzene ring substituents is 1. The lowest BCUT2D eigenvalue weighted by Gasteiger charge is -2.30. The van der Waals surface area contributed by atoms with Crippen LogP contribution in [0.3, 0.4) is 0 Å². The summed E-state index contributed by atoms with van der Waals surface area (Å²) in [5, 5.41) is 14.9. The first kappa shape index (κ1) is 21.0. The van der Waals surface area contributed by atoms with Crippen LogP contribution in [0.15, 0.2) is 23.1 Å². The summed E-state index contributed by atoms with van der Waals surface area (Å²) in [5.74, 6) is 0. The lowest BCUT2D eigenvalue weighted by molar-refractivity contribution is -0.905. The van der Waals surface area contributed by atoms with Crippen molar-refractivity contribution < 1.29 is 18.2 Å². The number of likely N-dealkylation sites (tertiary alicyclic amines) is 1. The molecule has 1 aromatic carbocycles. The molecule has 2 heterocycles. The molecule has 0 aromatic heterocycles. The molecule has 28 heavy (non-hydrogen) atoms. The summed E-state index contributed by atoms with van der Waals surface area (Å²) in [6.45, 7) is 6.42. The molecule has 3 rings (SSSR count). The summed E-state index contributed by atoms with van der Waals surface area (Å²) in [5.41, 5.74) is 0.243. The fraction of sp³-hybridized carbons (Fsp3) is 0.684. The second-order valence-corrected chi connectivity index (χ2v) is 9.76. The zero-order chi connectivity index (χ0) is 20.1. The molecule has 9 heteroatoms. The number of nitrogens with one attached hydrogen (secondary N) is 2. The van der Waals surface area contributed by atoms with Crippen LogP contribution in [-0.4, -0.2) is 56.4 Å². The number of benzene rings is 1. The number of hydrogen-bond acceptors (Lipinski definition) is 5. The summed E-state index contributed by atoms with van der Waals surface area (Å²) in [6, 6.07) is 4.45. The maximum Gasteiger partial charge on any atom is 0.293 e. The highest BCUT2D eigenvalue weighted by atomic mass is 32.2. The molecule has 0 atom stereocenters. The zero-order valence-corrected chi connectivity index (χ0v) is 17.3. The molecule has 2 saturated heterocycles. The van der Waals surface area contributed by atoms with Gasteiger partial charge in [-0.3, -0.25) is 10.1 Å². The highest BCUT2D eigenvalue weighted by Crippen LogP contribution is 2.31. The molecule has 0 aliphatic carbocycles. The second kappa shape index (κ2) is 9.19. The standard InChI is InChI=1S/C19H30N4O4S/c1-2-10-21-13-8-16(9-14-21)20-18-7-6-17(15-19(18)23(24)25)28(26,27)22-11-4-3-5-12-22/h6-7,15-16,20H,2-5,8-14H2,1H3/p+1. The van der Waals surface area contributed by atoms with E-state index in [0.717, 1.165) is 58.2 Å². The van der Waals surface area contributed by atoms with Crippen LogP contribution in [-0.2, 0) is 10.0 Å². The van der Waals surface area contributed by atoms with E-state index >= 15 is 0 Å². The number of rotatable bonds is 7. The van der Waals surface area contributed by atoms with E-state index in [2.05, 4.69) is 12.2 Å². The largest absolute Gasteiger partial charge is 0.376 e. The first-order valence-electron chi connectivity index (χ1n) is 10.3. The van der Waals surface area contributed by atoms with Crippen molar-refractivity contribution >= 4 is 21.4 Å². The van der Waals surface area contributed by atoms with E-state index in [0.29, 0.717) is 18.8 Å². The van der Waals surface area contributed by atoms with E-state index in [4.69, 9.17) is 0 Å². The molecule has 0 unspecified atom stereocenters. The average Bonchev–Trinajstić information content (AvgIpc) is 2.70. The van der Waals surface area contributed by atoms with Crippen LogP contribution < -0.4 is 10.2 Å². The van der Waals surface area contributed by atoms with Crippen molar-refractivity contribution in [2.24, 2.45) is 0 Å². The highest BCUT2D eigenvalue weighted by Gasteiger charge is 2.29. The minimum absolute atomic E-state index is 0.00820. The van der Waals surface area contributed by atoms with Gasteiger partial charge in [0.05, 0.1) is 29.5 Å². The Labute approximate surface area is 167 Å². The number of piperidine rings is 2. The van der Waals surface area contributed by atoms with Gasteiger partial charge in [-0.25, -0.2) is 8.42 Å². The third-order valence-electron chi connectivity index (χ3n) is 5.77. The van der Waals surface area contributed by atoms with Crippen LogP contribution in [0.1, 0.15) is 45.4 Å². The molecule has 0 radical (unpaired) electrons.